The Morgan fingerprint density at radius 1 is 1.21 bits per heavy atom. The Bertz CT molecular complexity index is 1040. The minimum atomic E-state index is -0.761. The van der Waals surface area contributed by atoms with Gasteiger partial charge in [-0.25, -0.2) is 14.4 Å². The average molecular weight is 422 g/mol. The largest absolute Gasteiger partial charge is 0.444 e. The van der Waals surface area contributed by atoms with Gasteiger partial charge in [0.1, 0.15) is 17.2 Å². The molecule has 0 aliphatic carbocycles. The van der Waals surface area contributed by atoms with E-state index < -0.39 is 29.3 Å². The number of carbonyl (C=O) groups is 2. The molecule has 0 saturated carbocycles. The van der Waals surface area contributed by atoms with E-state index in [4.69, 9.17) is 25.5 Å². The number of aryl methyl sites for hydroxylation is 1. The SMILES string of the molecule is Cc1c(C)c2cc(Cl)c(OC(=O)[C@@H]3CCCN3C(=O)OC(C)(C)C)cc2oc1=O. The summed E-state index contributed by atoms with van der Waals surface area (Å²) in [6, 6.07) is 2.27. The first-order valence-electron chi connectivity index (χ1n) is 9.43. The summed E-state index contributed by atoms with van der Waals surface area (Å²) in [6.07, 6.45) is 0.577. The summed E-state index contributed by atoms with van der Waals surface area (Å²) in [5.74, 6) is -0.535. The zero-order valence-corrected chi connectivity index (χ0v) is 17.9. The number of halogens is 1. The van der Waals surface area contributed by atoms with Crippen molar-refractivity contribution in [2.75, 3.05) is 6.54 Å². The van der Waals surface area contributed by atoms with E-state index in [9.17, 15) is 14.4 Å². The fourth-order valence-corrected chi connectivity index (χ4v) is 3.45. The summed E-state index contributed by atoms with van der Waals surface area (Å²) >= 11 is 6.30. The summed E-state index contributed by atoms with van der Waals surface area (Å²) in [5, 5.41) is 0.882. The number of benzene rings is 1. The van der Waals surface area contributed by atoms with Gasteiger partial charge in [0.2, 0.25) is 0 Å². The number of esters is 1. The summed E-state index contributed by atoms with van der Waals surface area (Å²) < 4.78 is 16.2. The highest BCUT2D eigenvalue weighted by Crippen LogP contribution is 2.33. The van der Waals surface area contributed by atoms with Crippen LogP contribution < -0.4 is 10.4 Å². The van der Waals surface area contributed by atoms with Gasteiger partial charge in [-0.3, -0.25) is 4.90 Å². The fourth-order valence-electron chi connectivity index (χ4n) is 3.25. The van der Waals surface area contributed by atoms with E-state index in [0.717, 1.165) is 5.56 Å². The molecule has 7 nitrogen and oxygen atoms in total. The molecule has 0 spiro atoms. The summed E-state index contributed by atoms with van der Waals surface area (Å²) in [7, 11) is 0. The predicted octanol–water partition coefficient (Wildman–Crippen LogP) is 4.37. The molecule has 0 bridgehead atoms. The Balaban J connectivity index is 1.85. The maximum Gasteiger partial charge on any atom is 0.411 e. The number of ether oxygens (including phenoxy) is 2. The Morgan fingerprint density at radius 3 is 2.55 bits per heavy atom. The number of hydrogen-bond acceptors (Lipinski definition) is 6. The van der Waals surface area contributed by atoms with Crippen molar-refractivity contribution in [1.82, 2.24) is 4.90 Å². The molecule has 3 rings (SSSR count). The third-order valence-electron chi connectivity index (χ3n) is 4.87. The molecule has 0 radical (unpaired) electrons. The molecule has 2 aromatic rings. The molecule has 0 N–H and O–H groups in total. The first kappa shape index (κ1) is 21.2. The van der Waals surface area contributed by atoms with Crippen LogP contribution in [-0.2, 0) is 9.53 Å². The average Bonchev–Trinajstić information content (AvgIpc) is 3.10. The van der Waals surface area contributed by atoms with Gasteiger partial charge in [-0.2, -0.15) is 0 Å². The summed E-state index contributed by atoms with van der Waals surface area (Å²) in [5.41, 5.74) is 0.408. The van der Waals surface area contributed by atoms with Crippen molar-refractivity contribution in [1.29, 1.82) is 0 Å². The lowest BCUT2D eigenvalue weighted by molar-refractivity contribution is -0.139. The van der Waals surface area contributed by atoms with Gasteiger partial charge in [-0.05, 0) is 59.1 Å². The second-order valence-electron chi connectivity index (χ2n) is 8.17. The van der Waals surface area contributed by atoms with Crippen LogP contribution in [0.15, 0.2) is 21.3 Å². The van der Waals surface area contributed by atoms with Crippen LogP contribution in [0.4, 0.5) is 4.79 Å². The molecule has 1 atom stereocenters. The number of amides is 1. The van der Waals surface area contributed by atoms with Gasteiger partial charge in [0.05, 0.1) is 5.02 Å². The van der Waals surface area contributed by atoms with Gasteiger partial charge < -0.3 is 13.9 Å². The number of hydrogen-bond donors (Lipinski definition) is 0. The molecule has 0 unspecified atom stereocenters. The van der Waals surface area contributed by atoms with Crippen LogP contribution in [0.25, 0.3) is 11.0 Å². The quantitative estimate of drug-likeness (QED) is 0.406. The van der Waals surface area contributed by atoms with Crippen LogP contribution in [-0.4, -0.2) is 35.2 Å². The van der Waals surface area contributed by atoms with Crippen LogP contribution in [0.2, 0.25) is 5.02 Å². The molecule has 156 valence electrons. The minimum absolute atomic E-state index is 0.0756. The smallest absolute Gasteiger partial charge is 0.411 e. The highest BCUT2D eigenvalue weighted by molar-refractivity contribution is 6.33. The molecule has 1 saturated heterocycles. The van der Waals surface area contributed by atoms with E-state index in [0.29, 0.717) is 30.3 Å². The standard InChI is InChI=1S/C21H24ClNO6/c1-11-12(2)18(24)27-16-10-17(14(22)9-13(11)16)28-19(25)15-7-6-8-23(15)20(26)29-21(3,4)5/h9-10,15H,6-8H2,1-5H3/t15-/m0/s1. The van der Waals surface area contributed by atoms with E-state index in [1.165, 1.54) is 11.0 Å². The van der Waals surface area contributed by atoms with Crippen LogP contribution in [0.5, 0.6) is 5.75 Å². The number of nitrogens with zero attached hydrogens (tertiary/aromatic N) is 1. The van der Waals surface area contributed by atoms with Crippen LogP contribution in [0, 0.1) is 13.8 Å². The van der Waals surface area contributed by atoms with Crippen molar-refractivity contribution < 1.29 is 23.5 Å². The molecule has 1 aromatic heterocycles. The molecule has 1 amide bonds. The van der Waals surface area contributed by atoms with Crippen molar-refractivity contribution in [2.45, 2.75) is 59.1 Å². The van der Waals surface area contributed by atoms with Gasteiger partial charge in [0.15, 0.2) is 5.75 Å². The first-order chi connectivity index (χ1) is 13.5. The molecule has 1 fully saturated rings. The second kappa shape index (κ2) is 7.71. The van der Waals surface area contributed by atoms with E-state index in [-0.39, 0.29) is 16.4 Å². The highest BCUT2D eigenvalue weighted by atomic mass is 35.5. The third kappa shape index (κ3) is 4.40. The van der Waals surface area contributed by atoms with E-state index in [1.54, 1.807) is 40.7 Å². The lowest BCUT2D eigenvalue weighted by Crippen LogP contribution is -2.44. The first-order valence-corrected chi connectivity index (χ1v) is 9.80. The number of carbonyl (C=O) groups excluding carboxylic acids is 2. The van der Waals surface area contributed by atoms with E-state index in [1.807, 2.05) is 0 Å². The number of fused-ring (bicyclic) bond motifs is 1. The van der Waals surface area contributed by atoms with Gasteiger partial charge >= 0.3 is 17.7 Å². The van der Waals surface area contributed by atoms with Crippen LogP contribution in [0.3, 0.4) is 0 Å². The minimum Gasteiger partial charge on any atom is -0.444 e. The molecular formula is C21H24ClNO6. The normalized spacial score (nSPS) is 16.9. The monoisotopic (exact) mass is 421 g/mol. The van der Waals surface area contributed by atoms with Crippen molar-refractivity contribution in [3.63, 3.8) is 0 Å². The Hall–Kier alpha value is -2.54. The predicted molar refractivity (Wildman–Crippen MR) is 109 cm³/mol. The molecule has 1 aliphatic heterocycles. The molecule has 2 heterocycles. The van der Waals surface area contributed by atoms with Gasteiger partial charge in [0, 0.05) is 23.6 Å². The second-order valence-corrected chi connectivity index (χ2v) is 8.58. The Labute approximate surface area is 173 Å². The van der Waals surface area contributed by atoms with Gasteiger partial charge in [-0.1, -0.05) is 11.6 Å². The molecule has 1 aliphatic rings. The maximum absolute atomic E-state index is 12.7. The third-order valence-corrected chi connectivity index (χ3v) is 5.17. The fraction of sp³-hybridized carbons (Fsp3) is 0.476. The summed E-state index contributed by atoms with van der Waals surface area (Å²) in [4.78, 5) is 38.5. The van der Waals surface area contributed by atoms with Crippen molar-refractivity contribution in [3.8, 4) is 5.75 Å². The van der Waals surface area contributed by atoms with Crippen molar-refractivity contribution in [3.05, 3.63) is 38.7 Å². The Kier molecular flexibility index (Phi) is 5.63. The highest BCUT2D eigenvalue weighted by Gasteiger charge is 2.38. The summed E-state index contributed by atoms with van der Waals surface area (Å²) in [6.45, 7) is 9.18. The lowest BCUT2D eigenvalue weighted by Gasteiger charge is -2.27. The van der Waals surface area contributed by atoms with Crippen molar-refractivity contribution >= 4 is 34.6 Å². The maximum atomic E-state index is 12.7. The van der Waals surface area contributed by atoms with Crippen molar-refractivity contribution in [2.24, 2.45) is 0 Å². The zero-order valence-electron chi connectivity index (χ0n) is 17.1. The number of rotatable bonds is 2. The van der Waals surface area contributed by atoms with Gasteiger partial charge in [0.25, 0.3) is 0 Å². The molecular weight excluding hydrogens is 398 g/mol. The van der Waals surface area contributed by atoms with Gasteiger partial charge in [-0.15, -0.1) is 0 Å². The van der Waals surface area contributed by atoms with E-state index >= 15 is 0 Å². The van der Waals surface area contributed by atoms with Crippen LogP contribution >= 0.6 is 11.6 Å². The van der Waals surface area contributed by atoms with Crippen LogP contribution in [0.1, 0.15) is 44.7 Å². The molecule has 29 heavy (non-hydrogen) atoms. The zero-order chi connectivity index (χ0) is 21.5. The molecule has 8 heteroatoms. The number of likely N-dealkylation sites (tertiary alicyclic amines) is 1. The topological polar surface area (TPSA) is 86.1 Å². The lowest BCUT2D eigenvalue weighted by atomic mass is 10.1. The molecule has 1 aromatic carbocycles. The Morgan fingerprint density at radius 2 is 1.90 bits per heavy atom. The van der Waals surface area contributed by atoms with E-state index in [2.05, 4.69) is 0 Å².